The van der Waals surface area contributed by atoms with Crippen LogP contribution in [-0.2, 0) is 11.2 Å². The summed E-state index contributed by atoms with van der Waals surface area (Å²) in [7, 11) is 0. The molecular formula is C13H13Cl5O2S. The predicted molar refractivity (Wildman–Crippen MR) is 94.1 cm³/mol. The molecule has 1 aromatic rings. The van der Waals surface area contributed by atoms with Gasteiger partial charge in [0.05, 0.1) is 26.5 Å². The maximum atomic E-state index is 12.1. The van der Waals surface area contributed by atoms with Gasteiger partial charge in [-0.25, -0.2) is 4.79 Å². The summed E-state index contributed by atoms with van der Waals surface area (Å²) in [6.07, 6.45) is 2.70. The van der Waals surface area contributed by atoms with Gasteiger partial charge in [0, 0.05) is 0 Å². The number of rotatable bonds is 6. The van der Waals surface area contributed by atoms with Gasteiger partial charge in [0.1, 0.15) is 0 Å². The predicted octanol–water partition coefficient (Wildman–Crippen LogP) is 5.82. The molecule has 0 fully saturated rings. The largest absolute Gasteiger partial charge is 0.441 e. The quantitative estimate of drug-likeness (QED) is 0.336. The zero-order chi connectivity index (χ0) is 16.2. The minimum atomic E-state index is -0.957. The minimum Gasteiger partial charge on any atom is -0.441 e. The Labute approximate surface area is 153 Å². The highest BCUT2D eigenvalue weighted by molar-refractivity contribution is 7.98. The molecule has 0 heterocycles. The van der Waals surface area contributed by atoms with Gasteiger partial charge in [0.25, 0.3) is 0 Å². The van der Waals surface area contributed by atoms with Crippen LogP contribution in [0.2, 0.25) is 15.1 Å². The Kier molecular flexibility index (Phi) is 8.33. The summed E-state index contributed by atoms with van der Waals surface area (Å²) >= 11 is 31.6. The lowest BCUT2D eigenvalue weighted by Gasteiger charge is -2.17. The molecule has 21 heavy (non-hydrogen) atoms. The Balaban J connectivity index is 3.26. The van der Waals surface area contributed by atoms with E-state index >= 15 is 0 Å². The van der Waals surface area contributed by atoms with E-state index in [0.29, 0.717) is 17.0 Å². The third kappa shape index (κ3) is 4.73. The van der Waals surface area contributed by atoms with E-state index in [9.17, 15) is 4.79 Å². The number of ether oxygens (including phenoxy) is 1. The third-order valence-corrected chi connectivity index (χ3v) is 5.45. The zero-order valence-electron chi connectivity index (χ0n) is 11.3. The van der Waals surface area contributed by atoms with Gasteiger partial charge in [-0.15, -0.1) is 11.6 Å². The zero-order valence-corrected chi connectivity index (χ0v) is 15.9. The molecule has 1 aromatic carbocycles. The number of carbonyl (C=O) groups is 1. The van der Waals surface area contributed by atoms with E-state index in [2.05, 4.69) is 0 Å². The Hall–Kier alpha value is 0.490. The van der Waals surface area contributed by atoms with Gasteiger partial charge >= 0.3 is 5.97 Å². The van der Waals surface area contributed by atoms with Crippen molar-refractivity contribution in [2.24, 2.45) is 0 Å². The van der Waals surface area contributed by atoms with E-state index < -0.39 is 11.5 Å². The number of hydrogen-bond acceptors (Lipinski definition) is 3. The molecule has 0 N–H and O–H groups in total. The van der Waals surface area contributed by atoms with E-state index in [-0.39, 0.29) is 21.5 Å². The average Bonchev–Trinajstić information content (AvgIpc) is 2.45. The number of alkyl halides is 2. The molecule has 0 amide bonds. The lowest BCUT2D eigenvalue weighted by molar-refractivity contribution is 0.0476. The van der Waals surface area contributed by atoms with Crippen molar-refractivity contribution in [1.82, 2.24) is 0 Å². The fourth-order valence-electron chi connectivity index (χ4n) is 1.71. The van der Waals surface area contributed by atoms with Gasteiger partial charge in [0.15, 0.2) is 5.56 Å². The number of benzene rings is 1. The third-order valence-electron chi connectivity index (χ3n) is 2.80. The van der Waals surface area contributed by atoms with Crippen LogP contribution < -0.4 is 0 Å². The normalized spacial score (nSPS) is 12.3. The van der Waals surface area contributed by atoms with Gasteiger partial charge in [-0.1, -0.05) is 46.4 Å². The summed E-state index contributed by atoms with van der Waals surface area (Å²) in [6.45, 7) is 1.79. The second-order valence-corrected chi connectivity index (χ2v) is 7.05. The summed E-state index contributed by atoms with van der Waals surface area (Å²) in [5.74, 6) is 0.0840. The molecule has 0 aliphatic carbocycles. The first-order chi connectivity index (χ1) is 9.84. The van der Waals surface area contributed by atoms with Crippen LogP contribution in [0.15, 0.2) is 0 Å². The smallest absolute Gasteiger partial charge is 0.342 e. The van der Waals surface area contributed by atoms with Crippen LogP contribution in [0, 0.1) is 6.92 Å². The van der Waals surface area contributed by atoms with E-state index in [0.717, 1.165) is 11.3 Å². The van der Waals surface area contributed by atoms with Crippen LogP contribution in [0.5, 0.6) is 0 Å². The first kappa shape index (κ1) is 19.5. The van der Waals surface area contributed by atoms with Gasteiger partial charge in [-0.3, -0.25) is 0 Å². The Bertz CT molecular complexity index is 507. The van der Waals surface area contributed by atoms with Crippen LogP contribution >= 0.6 is 69.8 Å². The monoisotopic (exact) mass is 408 g/mol. The average molecular weight is 411 g/mol. The minimum absolute atomic E-state index is 0.0181. The molecule has 1 unspecified atom stereocenters. The number of hydrogen-bond donors (Lipinski definition) is 0. The molecule has 0 bridgehead atoms. The molecule has 118 valence electrons. The molecular weight excluding hydrogens is 397 g/mol. The molecule has 0 saturated carbocycles. The molecule has 2 nitrogen and oxygen atoms in total. The van der Waals surface area contributed by atoms with Crippen molar-refractivity contribution < 1.29 is 9.53 Å². The summed E-state index contributed by atoms with van der Waals surface area (Å²) in [6, 6.07) is 0. The summed E-state index contributed by atoms with van der Waals surface area (Å²) in [4.78, 5) is 12.1. The molecule has 1 atom stereocenters. The maximum Gasteiger partial charge on any atom is 0.342 e. The SMILES string of the molecule is CSCCc1c(C)c(Cl)c(C(=O)OC(Cl)CCl)c(Cl)c1Cl. The lowest BCUT2D eigenvalue weighted by atomic mass is 10.0. The maximum absolute atomic E-state index is 12.1. The highest BCUT2D eigenvalue weighted by Crippen LogP contribution is 2.39. The molecule has 0 aliphatic heterocycles. The van der Waals surface area contributed by atoms with Crippen molar-refractivity contribution >= 4 is 75.7 Å². The van der Waals surface area contributed by atoms with Crippen molar-refractivity contribution in [2.75, 3.05) is 17.9 Å². The molecule has 0 radical (unpaired) electrons. The molecule has 8 heteroatoms. The van der Waals surface area contributed by atoms with Gasteiger partial charge < -0.3 is 4.74 Å². The first-order valence-electron chi connectivity index (χ1n) is 5.91. The van der Waals surface area contributed by atoms with E-state index in [1.807, 2.05) is 6.26 Å². The van der Waals surface area contributed by atoms with Crippen LogP contribution in [0.25, 0.3) is 0 Å². The highest BCUT2D eigenvalue weighted by Gasteiger charge is 2.25. The van der Waals surface area contributed by atoms with Crippen LogP contribution in [0.1, 0.15) is 21.5 Å². The fourth-order valence-corrected chi connectivity index (χ4v) is 3.21. The Morgan fingerprint density at radius 2 is 1.86 bits per heavy atom. The molecule has 0 saturated heterocycles. The van der Waals surface area contributed by atoms with Gasteiger partial charge in [-0.2, -0.15) is 11.8 Å². The molecule has 1 rings (SSSR count). The van der Waals surface area contributed by atoms with Crippen LogP contribution in [0.4, 0.5) is 0 Å². The number of halogens is 5. The fraction of sp³-hybridized carbons (Fsp3) is 0.462. The molecule has 0 aliphatic rings. The van der Waals surface area contributed by atoms with E-state index in [1.54, 1.807) is 18.7 Å². The van der Waals surface area contributed by atoms with Crippen LogP contribution in [-0.4, -0.2) is 29.4 Å². The van der Waals surface area contributed by atoms with Crippen molar-refractivity contribution in [2.45, 2.75) is 18.9 Å². The summed E-state index contributed by atoms with van der Waals surface area (Å²) in [5, 5.41) is 0.618. The van der Waals surface area contributed by atoms with Crippen molar-refractivity contribution in [3.63, 3.8) is 0 Å². The van der Waals surface area contributed by atoms with Crippen molar-refractivity contribution in [1.29, 1.82) is 0 Å². The number of thioether (sulfide) groups is 1. The highest BCUT2D eigenvalue weighted by atomic mass is 35.5. The molecule has 0 spiro atoms. The van der Waals surface area contributed by atoms with Crippen molar-refractivity contribution in [3.05, 3.63) is 31.8 Å². The summed E-state index contributed by atoms with van der Waals surface area (Å²) in [5.41, 5.74) is 0.604. The lowest BCUT2D eigenvalue weighted by Crippen LogP contribution is -2.16. The number of carbonyl (C=O) groups excluding carboxylic acids is 1. The standard InChI is InChI=1S/C13H13Cl5O2S/c1-6-7(3-4-21-2)11(17)12(18)9(10(6)16)13(19)20-8(15)5-14/h8H,3-5H2,1-2H3. The second-order valence-electron chi connectivity index (χ2n) is 4.13. The first-order valence-corrected chi connectivity index (χ1v) is 9.40. The Morgan fingerprint density at radius 3 is 2.38 bits per heavy atom. The summed E-state index contributed by atoms with van der Waals surface area (Å²) < 4.78 is 4.94. The second kappa shape index (κ2) is 8.95. The van der Waals surface area contributed by atoms with E-state index in [4.69, 9.17) is 62.7 Å². The van der Waals surface area contributed by atoms with Crippen molar-refractivity contribution in [3.8, 4) is 0 Å². The molecule has 0 aromatic heterocycles. The van der Waals surface area contributed by atoms with Gasteiger partial charge in [-0.05, 0) is 36.5 Å². The Morgan fingerprint density at radius 1 is 1.24 bits per heavy atom. The number of esters is 1. The van der Waals surface area contributed by atoms with Gasteiger partial charge in [0.2, 0.25) is 0 Å². The van der Waals surface area contributed by atoms with Crippen LogP contribution in [0.3, 0.4) is 0 Å². The van der Waals surface area contributed by atoms with E-state index in [1.165, 1.54) is 0 Å². The topological polar surface area (TPSA) is 26.3 Å².